The molecule has 5 nitrogen and oxygen atoms in total. The van der Waals surface area contributed by atoms with Crippen LogP contribution in [0.15, 0.2) is 53.9 Å². The molecule has 3 aliphatic rings. The van der Waals surface area contributed by atoms with Crippen molar-refractivity contribution < 1.29 is 14.4 Å². The summed E-state index contributed by atoms with van der Waals surface area (Å²) < 4.78 is 0. The van der Waals surface area contributed by atoms with Gasteiger partial charge in [-0.2, -0.15) is 0 Å². The summed E-state index contributed by atoms with van der Waals surface area (Å²) in [7, 11) is 0. The highest BCUT2D eigenvalue weighted by Crippen LogP contribution is 2.53. The van der Waals surface area contributed by atoms with Crippen LogP contribution in [0.1, 0.15) is 16.1 Å². The lowest BCUT2D eigenvalue weighted by Crippen LogP contribution is -2.32. The normalized spacial score (nSPS) is 28.7. The number of carbonyl (C=O) groups is 3. The van der Waals surface area contributed by atoms with Gasteiger partial charge >= 0.3 is 0 Å². The fourth-order valence-electron chi connectivity index (χ4n) is 4.48. The summed E-state index contributed by atoms with van der Waals surface area (Å²) in [4.78, 5) is 39.9. The van der Waals surface area contributed by atoms with E-state index in [9.17, 15) is 14.4 Å². The third kappa shape index (κ3) is 2.18. The first-order valence-corrected chi connectivity index (χ1v) is 9.52. The first kappa shape index (κ1) is 15.5. The Bertz CT molecular complexity index is 920. The van der Waals surface area contributed by atoms with E-state index in [4.69, 9.17) is 0 Å². The molecular weight excluding hydrogens is 348 g/mol. The third-order valence-electron chi connectivity index (χ3n) is 5.58. The van der Waals surface area contributed by atoms with Crippen LogP contribution in [0.5, 0.6) is 0 Å². The summed E-state index contributed by atoms with van der Waals surface area (Å²) in [6.45, 7) is 0. The maximum Gasteiger partial charge on any atom is 0.265 e. The van der Waals surface area contributed by atoms with Crippen molar-refractivity contribution in [1.29, 1.82) is 0 Å². The van der Waals surface area contributed by atoms with Gasteiger partial charge in [-0.25, -0.2) is 4.90 Å². The molecular formula is C20H16N2O3S. The minimum atomic E-state index is -0.220. The SMILES string of the molecule is O=C(Nc1cccc(N2C(=O)[C@@H]3[C@@H](C2=O)[C@H]2C=C[C@@H]3C2)c1)c1cccs1. The van der Waals surface area contributed by atoms with Crippen LogP contribution in [0.25, 0.3) is 0 Å². The Labute approximate surface area is 154 Å². The van der Waals surface area contributed by atoms with Crippen LogP contribution in [-0.2, 0) is 9.59 Å². The second-order valence-electron chi connectivity index (χ2n) is 6.99. The number of anilines is 2. The molecule has 0 radical (unpaired) electrons. The fourth-order valence-corrected chi connectivity index (χ4v) is 5.10. The van der Waals surface area contributed by atoms with Crippen LogP contribution in [0.2, 0.25) is 0 Å². The van der Waals surface area contributed by atoms with Gasteiger partial charge in [-0.15, -0.1) is 11.3 Å². The van der Waals surface area contributed by atoms with Gasteiger partial charge in [0.1, 0.15) is 0 Å². The number of thiophene rings is 1. The number of amides is 3. The lowest BCUT2D eigenvalue weighted by atomic mass is 9.85. The van der Waals surface area contributed by atoms with Gasteiger partial charge in [-0.05, 0) is 47.9 Å². The van der Waals surface area contributed by atoms with E-state index in [-0.39, 0.29) is 41.4 Å². The van der Waals surface area contributed by atoms with E-state index < -0.39 is 0 Å². The van der Waals surface area contributed by atoms with Crippen LogP contribution in [0.4, 0.5) is 11.4 Å². The van der Waals surface area contributed by atoms with Crippen molar-refractivity contribution in [2.45, 2.75) is 6.42 Å². The average Bonchev–Trinajstić information content (AvgIpc) is 3.39. The number of allylic oxidation sites excluding steroid dienone is 2. The predicted molar refractivity (Wildman–Crippen MR) is 98.9 cm³/mol. The molecule has 0 spiro atoms. The number of imide groups is 1. The summed E-state index contributed by atoms with van der Waals surface area (Å²) in [5.74, 6) is -0.488. The molecule has 1 aromatic heterocycles. The van der Waals surface area contributed by atoms with E-state index >= 15 is 0 Å². The quantitative estimate of drug-likeness (QED) is 0.671. The molecule has 1 aliphatic heterocycles. The van der Waals surface area contributed by atoms with Crippen LogP contribution in [-0.4, -0.2) is 17.7 Å². The Hall–Kier alpha value is -2.73. The summed E-state index contributed by atoms with van der Waals surface area (Å²) in [6.07, 6.45) is 5.08. The zero-order valence-electron chi connectivity index (χ0n) is 13.8. The molecule has 5 rings (SSSR count). The molecule has 2 fully saturated rings. The molecule has 1 N–H and O–H groups in total. The Kier molecular flexibility index (Phi) is 3.37. The molecule has 2 heterocycles. The van der Waals surface area contributed by atoms with Gasteiger partial charge < -0.3 is 5.32 Å². The highest BCUT2D eigenvalue weighted by Gasteiger charge is 2.59. The number of rotatable bonds is 3. The lowest BCUT2D eigenvalue weighted by Gasteiger charge is -2.18. The monoisotopic (exact) mass is 364 g/mol. The largest absolute Gasteiger partial charge is 0.321 e. The fraction of sp³-hybridized carbons (Fsp3) is 0.250. The zero-order valence-corrected chi connectivity index (χ0v) is 14.6. The van der Waals surface area contributed by atoms with E-state index in [1.54, 1.807) is 30.3 Å². The summed E-state index contributed by atoms with van der Waals surface area (Å²) >= 11 is 1.36. The minimum Gasteiger partial charge on any atom is -0.321 e. The van der Waals surface area contributed by atoms with E-state index in [1.807, 2.05) is 11.4 Å². The second-order valence-corrected chi connectivity index (χ2v) is 7.94. The van der Waals surface area contributed by atoms with E-state index in [0.717, 1.165) is 6.42 Å². The molecule has 0 unspecified atom stereocenters. The first-order valence-electron chi connectivity index (χ1n) is 8.64. The second kappa shape index (κ2) is 5.64. The molecule has 4 atom stereocenters. The Morgan fingerprint density at radius 1 is 1.04 bits per heavy atom. The third-order valence-corrected chi connectivity index (χ3v) is 6.45. The summed E-state index contributed by atoms with van der Waals surface area (Å²) in [6, 6.07) is 10.5. The number of carbonyl (C=O) groups excluding carboxylic acids is 3. The molecule has 26 heavy (non-hydrogen) atoms. The Morgan fingerprint density at radius 2 is 1.77 bits per heavy atom. The van der Waals surface area contributed by atoms with Crippen molar-refractivity contribution in [2.75, 3.05) is 10.2 Å². The molecule has 1 aromatic carbocycles. The molecule has 3 amide bonds. The van der Waals surface area contributed by atoms with Gasteiger partial charge in [0.25, 0.3) is 5.91 Å². The summed E-state index contributed by atoms with van der Waals surface area (Å²) in [5.41, 5.74) is 1.09. The molecule has 2 aliphatic carbocycles. The molecule has 2 aromatic rings. The number of nitrogens with one attached hydrogen (secondary N) is 1. The molecule has 130 valence electrons. The number of nitrogens with zero attached hydrogens (tertiary/aromatic N) is 1. The Morgan fingerprint density at radius 3 is 2.42 bits per heavy atom. The predicted octanol–water partition coefficient (Wildman–Crippen LogP) is 3.31. The van der Waals surface area contributed by atoms with Crippen LogP contribution in [0.3, 0.4) is 0 Å². The van der Waals surface area contributed by atoms with Crippen LogP contribution in [0, 0.1) is 23.7 Å². The highest BCUT2D eigenvalue weighted by atomic mass is 32.1. The lowest BCUT2D eigenvalue weighted by molar-refractivity contribution is -0.123. The number of hydrogen-bond donors (Lipinski definition) is 1. The highest BCUT2D eigenvalue weighted by molar-refractivity contribution is 7.12. The van der Waals surface area contributed by atoms with E-state index in [2.05, 4.69) is 17.5 Å². The number of fused-ring (bicyclic) bond motifs is 5. The smallest absolute Gasteiger partial charge is 0.265 e. The molecule has 1 saturated carbocycles. The van der Waals surface area contributed by atoms with E-state index in [1.165, 1.54) is 16.2 Å². The van der Waals surface area contributed by atoms with Gasteiger partial charge in [0.2, 0.25) is 11.8 Å². The van der Waals surface area contributed by atoms with Crippen molar-refractivity contribution >= 4 is 40.4 Å². The number of hydrogen-bond acceptors (Lipinski definition) is 4. The minimum absolute atomic E-state index is 0.112. The topological polar surface area (TPSA) is 66.5 Å². The van der Waals surface area contributed by atoms with Crippen molar-refractivity contribution in [3.63, 3.8) is 0 Å². The van der Waals surface area contributed by atoms with Crippen LogP contribution >= 0.6 is 11.3 Å². The molecule has 6 heteroatoms. The zero-order chi connectivity index (χ0) is 17.8. The van der Waals surface area contributed by atoms with E-state index in [0.29, 0.717) is 16.3 Å². The molecule has 2 bridgehead atoms. The first-order chi connectivity index (χ1) is 12.6. The summed E-state index contributed by atoms with van der Waals surface area (Å²) in [5, 5.41) is 4.67. The van der Waals surface area contributed by atoms with Crippen LogP contribution < -0.4 is 10.2 Å². The van der Waals surface area contributed by atoms with Crippen molar-refractivity contribution in [3.05, 3.63) is 58.8 Å². The van der Waals surface area contributed by atoms with Gasteiger partial charge in [-0.1, -0.05) is 24.3 Å². The standard InChI is InChI=1S/C20H16N2O3S/c23-18(15-5-2-8-26-15)21-13-3-1-4-14(10-13)22-19(24)16-11-6-7-12(9-11)17(16)20(22)25/h1-8,10-12,16-17H,9H2,(H,21,23)/t11-,12+,16-,17-/m0/s1. The maximum absolute atomic E-state index is 12.9. The average molecular weight is 364 g/mol. The molecule has 1 saturated heterocycles. The maximum atomic E-state index is 12.9. The van der Waals surface area contributed by atoms with Crippen molar-refractivity contribution in [2.24, 2.45) is 23.7 Å². The number of benzene rings is 1. The van der Waals surface area contributed by atoms with Gasteiger partial charge in [0.15, 0.2) is 0 Å². The van der Waals surface area contributed by atoms with Gasteiger partial charge in [-0.3, -0.25) is 14.4 Å². The van der Waals surface area contributed by atoms with Crippen molar-refractivity contribution in [1.82, 2.24) is 0 Å². The Balaban J connectivity index is 1.42. The van der Waals surface area contributed by atoms with Gasteiger partial charge in [0, 0.05) is 5.69 Å². The van der Waals surface area contributed by atoms with Gasteiger partial charge in [0.05, 0.1) is 22.4 Å². The van der Waals surface area contributed by atoms with Crippen molar-refractivity contribution in [3.8, 4) is 0 Å².